The highest BCUT2D eigenvalue weighted by Gasteiger charge is 2.46. The van der Waals surface area contributed by atoms with Crippen LogP contribution in [-0.2, 0) is 23.4 Å². The van der Waals surface area contributed by atoms with Crippen LogP contribution in [0.15, 0.2) is 6.33 Å². The Hall–Kier alpha value is -2.02. The van der Waals surface area contributed by atoms with E-state index in [1.165, 1.54) is 6.33 Å². The summed E-state index contributed by atoms with van der Waals surface area (Å²) in [6, 6.07) is -0.564. The maximum atomic E-state index is 12.9. The van der Waals surface area contributed by atoms with E-state index in [9.17, 15) is 14.3 Å². The third kappa shape index (κ3) is 7.77. The van der Waals surface area contributed by atoms with E-state index in [1.54, 1.807) is 25.3 Å². The minimum Gasteiger partial charge on any atom is -0.476 e. The number of halogens is 1. The van der Waals surface area contributed by atoms with Crippen LogP contribution in [0.5, 0.6) is 5.88 Å². The van der Waals surface area contributed by atoms with Gasteiger partial charge in [-0.2, -0.15) is 9.97 Å². The predicted molar refractivity (Wildman–Crippen MR) is 142 cm³/mol. The molecule has 1 saturated heterocycles. The summed E-state index contributed by atoms with van der Waals surface area (Å²) in [4.78, 5) is 34.2. The molecule has 0 aliphatic carbocycles. The molecule has 2 aromatic rings. The number of rotatable bonds is 13. The Kier molecular flexibility index (Phi) is 9.99. The second-order valence-electron chi connectivity index (χ2n) is 10.3. The van der Waals surface area contributed by atoms with Crippen molar-refractivity contribution in [3.63, 3.8) is 0 Å². The van der Waals surface area contributed by atoms with Gasteiger partial charge in [0.2, 0.25) is 11.8 Å². The Morgan fingerprint density at radius 1 is 1.39 bits per heavy atom. The summed E-state index contributed by atoms with van der Waals surface area (Å²) in [7, 11) is -4.26. The molecule has 4 N–H and O–H groups in total. The number of nitrogens with zero attached hydrogens (tertiary/aromatic N) is 4. The van der Waals surface area contributed by atoms with Gasteiger partial charge in [0.25, 0.3) is 0 Å². The second-order valence-corrected chi connectivity index (χ2v) is 12.7. The lowest BCUT2D eigenvalue weighted by Crippen LogP contribution is -2.35. The van der Waals surface area contributed by atoms with Crippen LogP contribution < -0.4 is 15.6 Å². The monoisotopic (exact) mass is 576 g/mol. The third-order valence-corrected chi connectivity index (χ3v) is 7.37. The van der Waals surface area contributed by atoms with Gasteiger partial charge < -0.3 is 24.8 Å². The number of nitrogen functional groups attached to an aromatic ring is 1. The van der Waals surface area contributed by atoms with Gasteiger partial charge >= 0.3 is 13.7 Å². The number of imidazole rings is 1. The summed E-state index contributed by atoms with van der Waals surface area (Å²) in [5, 5.41) is 2.61. The highest BCUT2D eigenvalue weighted by Crippen LogP contribution is 2.46. The fourth-order valence-corrected chi connectivity index (χ4v) is 5.63. The van der Waals surface area contributed by atoms with E-state index in [4.69, 9.17) is 36.1 Å². The largest absolute Gasteiger partial charge is 0.476 e. The summed E-state index contributed by atoms with van der Waals surface area (Å²) in [6.45, 7) is 11.1. The number of hydrogen-bond acceptors (Lipinski definition) is 10. The van der Waals surface area contributed by atoms with E-state index in [0.717, 1.165) is 0 Å². The van der Waals surface area contributed by atoms with Crippen LogP contribution in [-0.4, -0.2) is 67.2 Å². The SMILES string of the molecule is CCOc1nc(N)nc2c1ncn2[C@@H]1O[C@H](COP(=O)(O)N[C@@H](COC(=O)C(C)C)CC(C)C)C[C@@]1(C)Cl. The van der Waals surface area contributed by atoms with E-state index < -0.39 is 31.0 Å². The quantitative estimate of drug-likeness (QED) is 0.180. The Morgan fingerprint density at radius 2 is 2.11 bits per heavy atom. The zero-order chi connectivity index (χ0) is 28.3. The zero-order valence-electron chi connectivity index (χ0n) is 22.6. The zero-order valence-corrected chi connectivity index (χ0v) is 24.2. The molecule has 0 radical (unpaired) electrons. The number of esters is 1. The topological polar surface area (TPSA) is 173 Å². The van der Waals surface area contributed by atoms with Crippen molar-refractivity contribution in [2.24, 2.45) is 11.8 Å². The maximum absolute atomic E-state index is 12.9. The van der Waals surface area contributed by atoms with E-state index in [2.05, 4.69) is 20.0 Å². The molecule has 13 nitrogen and oxygen atoms in total. The first kappa shape index (κ1) is 30.5. The van der Waals surface area contributed by atoms with Crippen LogP contribution in [0.25, 0.3) is 11.2 Å². The minimum absolute atomic E-state index is 0.0131. The number of hydrogen-bond donors (Lipinski definition) is 3. The molecule has 0 aromatic carbocycles. The van der Waals surface area contributed by atoms with Crippen molar-refractivity contribution in [1.29, 1.82) is 0 Å². The van der Waals surface area contributed by atoms with Crippen molar-refractivity contribution in [1.82, 2.24) is 24.6 Å². The standard InChI is InChI=1S/C23H38ClN6O7P/c1-7-34-19-17-18(27-22(25)28-19)30(12-26-17)21-23(6,24)9-16(37-21)11-36-38(32,33)29-15(8-13(2)3)10-35-20(31)14(4)5/h12-16,21H,7-11H2,1-6H3,(H2,25,27,28)(H2,29,32,33)/t15-,16+,21-,23-/m1/s1. The van der Waals surface area contributed by atoms with E-state index in [1.807, 2.05) is 20.8 Å². The van der Waals surface area contributed by atoms with Gasteiger partial charge in [-0.25, -0.2) is 14.6 Å². The average molecular weight is 577 g/mol. The van der Waals surface area contributed by atoms with Crippen LogP contribution in [0.1, 0.15) is 60.6 Å². The number of aromatic nitrogens is 4. The molecule has 1 unspecified atom stereocenters. The van der Waals surface area contributed by atoms with Gasteiger partial charge in [0.15, 0.2) is 17.4 Å². The molecule has 0 bridgehead atoms. The van der Waals surface area contributed by atoms with Gasteiger partial charge in [-0.1, -0.05) is 27.7 Å². The molecule has 3 heterocycles. The molecular weight excluding hydrogens is 539 g/mol. The summed E-state index contributed by atoms with van der Waals surface area (Å²) in [6.07, 6.45) is 1.02. The van der Waals surface area contributed by atoms with Crippen LogP contribution in [0, 0.1) is 11.8 Å². The van der Waals surface area contributed by atoms with Crippen molar-refractivity contribution < 1.29 is 33.0 Å². The molecule has 1 aliphatic heterocycles. The molecule has 214 valence electrons. The van der Waals surface area contributed by atoms with Gasteiger partial charge in [0, 0.05) is 0 Å². The second kappa shape index (κ2) is 12.4. The van der Waals surface area contributed by atoms with Crippen molar-refractivity contribution in [3.05, 3.63) is 6.33 Å². The molecule has 3 rings (SSSR count). The Bertz CT molecular complexity index is 1160. The smallest absolute Gasteiger partial charge is 0.403 e. The number of carbonyl (C=O) groups is 1. The first-order chi connectivity index (χ1) is 17.7. The molecule has 1 fully saturated rings. The highest BCUT2D eigenvalue weighted by molar-refractivity contribution is 7.50. The lowest BCUT2D eigenvalue weighted by Gasteiger charge is -2.24. The predicted octanol–water partition coefficient (Wildman–Crippen LogP) is 3.41. The number of nitrogens with two attached hydrogens (primary N) is 1. The maximum Gasteiger partial charge on any atom is 0.403 e. The Morgan fingerprint density at radius 3 is 2.74 bits per heavy atom. The Labute approximate surface area is 227 Å². The molecular formula is C23H38ClN6O7P. The van der Waals surface area contributed by atoms with Gasteiger partial charge in [-0.15, -0.1) is 11.6 Å². The van der Waals surface area contributed by atoms with Gasteiger partial charge in [0.1, 0.15) is 6.61 Å². The molecule has 2 aromatic heterocycles. The van der Waals surface area contributed by atoms with Crippen LogP contribution in [0.3, 0.4) is 0 Å². The fourth-order valence-electron chi connectivity index (χ4n) is 4.22. The van der Waals surface area contributed by atoms with E-state index in [0.29, 0.717) is 30.6 Å². The first-order valence-corrected chi connectivity index (χ1v) is 14.6. The van der Waals surface area contributed by atoms with E-state index in [-0.39, 0.29) is 42.8 Å². The van der Waals surface area contributed by atoms with Crippen LogP contribution in [0.2, 0.25) is 0 Å². The van der Waals surface area contributed by atoms with Gasteiger partial charge in [0.05, 0.1) is 42.5 Å². The van der Waals surface area contributed by atoms with Crippen LogP contribution in [0.4, 0.5) is 5.95 Å². The summed E-state index contributed by atoms with van der Waals surface area (Å²) < 4.78 is 36.8. The normalized spacial score (nSPS) is 24.2. The van der Waals surface area contributed by atoms with Crippen molar-refractivity contribution in [2.45, 2.75) is 77.6 Å². The molecule has 0 saturated carbocycles. The summed E-state index contributed by atoms with van der Waals surface area (Å²) >= 11 is 6.82. The van der Waals surface area contributed by atoms with E-state index >= 15 is 0 Å². The molecule has 38 heavy (non-hydrogen) atoms. The average Bonchev–Trinajstić information content (AvgIpc) is 3.34. The molecule has 15 heteroatoms. The first-order valence-electron chi connectivity index (χ1n) is 12.6. The lowest BCUT2D eigenvalue weighted by atomic mass is 10.1. The third-order valence-electron chi connectivity index (χ3n) is 5.84. The lowest BCUT2D eigenvalue weighted by molar-refractivity contribution is -0.148. The highest BCUT2D eigenvalue weighted by atomic mass is 35.5. The number of anilines is 1. The van der Waals surface area contributed by atoms with Crippen LogP contribution >= 0.6 is 19.3 Å². The number of fused-ring (bicyclic) bond motifs is 1. The molecule has 0 spiro atoms. The number of alkyl halides is 1. The Balaban J connectivity index is 1.68. The van der Waals surface area contributed by atoms with Crippen molar-refractivity contribution in [3.8, 4) is 5.88 Å². The number of nitrogens with one attached hydrogen (secondary N) is 1. The van der Waals surface area contributed by atoms with Crippen molar-refractivity contribution in [2.75, 3.05) is 25.6 Å². The number of ether oxygens (including phenoxy) is 3. The molecule has 5 atom stereocenters. The minimum atomic E-state index is -4.26. The fraction of sp³-hybridized carbons (Fsp3) is 0.739. The van der Waals surface area contributed by atoms with Gasteiger partial charge in [-0.3, -0.25) is 13.9 Å². The number of carbonyl (C=O) groups excluding carboxylic acids is 1. The summed E-state index contributed by atoms with van der Waals surface area (Å²) in [5.41, 5.74) is 6.67. The molecule has 0 amide bonds. The van der Waals surface area contributed by atoms with Gasteiger partial charge in [-0.05, 0) is 32.6 Å². The molecule has 1 aliphatic rings. The van der Waals surface area contributed by atoms with Crippen molar-refractivity contribution >= 4 is 42.4 Å². The summed E-state index contributed by atoms with van der Waals surface area (Å²) in [5.74, 6) is -0.226.